The maximum absolute atomic E-state index is 10.4. The Hall–Kier alpha value is -0.0551. The second-order valence-electron chi connectivity index (χ2n) is 1.80. The molecular formula is C4H7BNO2-. The highest BCUT2D eigenvalue weighted by Gasteiger charge is 2.07. The third-order valence-corrected chi connectivity index (χ3v) is 1.06. The topological polar surface area (TPSA) is 35.5 Å². The molecular weight excluding hydrogens is 105 g/mol. The van der Waals surface area contributed by atoms with Crippen LogP contribution in [0, 0.1) is 5.21 Å². The van der Waals surface area contributed by atoms with Gasteiger partial charge in [-0.05, 0) is 0 Å². The van der Waals surface area contributed by atoms with Gasteiger partial charge in [0, 0.05) is 19.1 Å². The Balaban J connectivity index is 2.23. The molecule has 0 spiro atoms. The van der Waals surface area contributed by atoms with E-state index in [0.29, 0.717) is 19.7 Å². The van der Waals surface area contributed by atoms with Gasteiger partial charge in [-0.3, -0.25) is 0 Å². The van der Waals surface area contributed by atoms with Crippen LogP contribution in [-0.4, -0.2) is 38.6 Å². The summed E-state index contributed by atoms with van der Waals surface area (Å²) in [6.07, 6.45) is 0. The van der Waals surface area contributed by atoms with E-state index in [-0.39, 0.29) is 6.00 Å². The van der Waals surface area contributed by atoms with Gasteiger partial charge >= 0.3 is 0 Å². The zero-order chi connectivity index (χ0) is 5.98. The molecule has 4 heteroatoms. The van der Waals surface area contributed by atoms with Crippen molar-refractivity contribution in [3.8, 4) is 0 Å². The summed E-state index contributed by atoms with van der Waals surface area (Å²) in [5.74, 6) is 0. The van der Waals surface area contributed by atoms with Gasteiger partial charge in [-0.1, -0.05) is 0 Å². The number of hydrogen-bond acceptors (Lipinski definition) is 3. The van der Waals surface area contributed by atoms with Gasteiger partial charge in [0.05, 0.1) is 6.61 Å². The third kappa shape index (κ3) is 1.47. The van der Waals surface area contributed by atoms with Crippen LogP contribution >= 0.6 is 0 Å². The molecule has 1 heterocycles. The second-order valence-corrected chi connectivity index (χ2v) is 1.80. The summed E-state index contributed by atoms with van der Waals surface area (Å²) in [5.41, 5.74) is 0. The van der Waals surface area contributed by atoms with E-state index in [4.69, 9.17) is 12.6 Å². The summed E-state index contributed by atoms with van der Waals surface area (Å²) in [7, 11) is 5.26. The molecule has 1 rings (SSSR count). The highest BCUT2D eigenvalue weighted by atomic mass is 16.5. The van der Waals surface area contributed by atoms with Crippen LogP contribution in [-0.2, 0) is 4.74 Å². The summed E-state index contributed by atoms with van der Waals surface area (Å²) in [4.78, 5) is 0. The normalized spacial score (nSPS) is 32.9. The van der Waals surface area contributed by atoms with Crippen LogP contribution < -0.4 is 0 Å². The highest BCUT2D eigenvalue weighted by molar-refractivity contribution is 6.11. The first-order valence-corrected chi connectivity index (χ1v) is 2.58. The lowest BCUT2D eigenvalue weighted by Crippen LogP contribution is -2.38. The maximum atomic E-state index is 10.4. The molecule has 8 heavy (non-hydrogen) atoms. The standard InChI is InChI=1S/C4H7BNO2/c5-4-3-6(7)1-2-8-4/h4H,1-3H2/q-1. The molecule has 44 valence electrons. The number of hydroxylamine groups is 2. The molecule has 0 saturated carbocycles. The number of rotatable bonds is 0. The summed E-state index contributed by atoms with van der Waals surface area (Å²) in [6.45, 7) is 1.22. The van der Waals surface area contributed by atoms with Crippen molar-refractivity contribution in [3.05, 3.63) is 5.21 Å². The Labute approximate surface area is 49.6 Å². The molecule has 3 nitrogen and oxygen atoms in total. The monoisotopic (exact) mass is 112 g/mol. The molecule has 0 amide bonds. The smallest absolute Gasteiger partial charge is 0.110 e. The molecule has 1 aliphatic heterocycles. The average molecular weight is 112 g/mol. The van der Waals surface area contributed by atoms with Crippen LogP contribution in [0.15, 0.2) is 0 Å². The van der Waals surface area contributed by atoms with E-state index in [9.17, 15) is 5.21 Å². The maximum Gasteiger partial charge on any atom is 0.110 e. The van der Waals surface area contributed by atoms with Crippen molar-refractivity contribution in [2.24, 2.45) is 0 Å². The van der Waals surface area contributed by atoms with Crippen LogP contribution in [0.1, 0.15) is 0 Å². The van der Waals surface area contributed by atoms with Crippen molar-refractivity contribution in [2.45, 2.75) is 6.00 Å². The third-order valence-electron chi connectivity index (χ3n) is 1.06. The number of nitrogens with zero attached hydrogens (tertiary/aromatic N) is 1. The fourth-order valence-corrected chi connectivity index (χ4v) is 0.651. The van der Waals surface area contributed by atoms with Crippen LogP contribution in [0.3, 0.4) is 0 Å². The van der Waals surface area contributed by atoms with E-state index in [1.165, 1.54) is 0 Å². The minimum atomic E-state index is -0.374. The van der Waals surface area contributed by atoms with Crippen molar-refractivity contribution >= 4 is 7.85 Å². The Morgan fingerprint density at radius 2 is 2.50 bits per heavy atom. The molecule has 1 aliphatic rings. The van der Waals surface area contributed by atoms with E-state index in [2.05, 4.69) is 0 Å². The van der Waals surface area contributed by atoms with Crippen LogP contribution in [0.5, 0.6) is 0 Å². The van der Waals surface area contributed by atoms with Gasteiger partial charge < -0.3 is 15.0 Å². The fraction of sp³-hybridized carbons (Fsp3) is 1.00. The minimum Gasteiger partial charge on any atom is -0.785 e. The molecule has 1 saturated heterocycles. The van der Waals surface area contributed by atoms with E-state index < -0.39 is 0 Å². The summed E-state index contributed by atoms with van der Waals surface area (Å²) in [5, 5.41) is 11.3. The number of morpholine rings is 1. The fourth-order valence-electron chi connectivity index (χ4n) is 0.651. The number of hydrogen-bond donors (Lipinski definition) is 0. The van der Waals surface area contributed by atoms with E-state index in [1.54, 1.807) is 0 Å². The van der Waals surface area contributed by atoms with E-state index >= 15 is 0 Å². The second kappa shape index (κ2) is 2.48. The van der Waals surface area contributed by atoms with Gasteiger partial charge in [0.1, 0.15) is 7.85 Å². The summed E-state index contributed by atoms with van der Waals surface area (Å²) in [6, 6.07) is -0.374. The molecule has 2 radical (unpaired) electrons. The van der Waals surface area contributed by atoms with Crippen molar-refractivity contribution in [3.63, 3.8) is 0 Å². The van der Waals surface area contributed by atoms with Gasteiger partial charge in [-0.2, -0.15) is 0 Å². The predicted molar refractivity (Wildman–Crippen MR) is 30.4 cm³/mol. The zero-order valence-corrected chi connectivity index (χ0v) is 4.54. The average Bonchev–Trinajstić information content (AvgIpc) is 1.64. The highest BCUT2D eigenvalue weighted by Crippen LogP contribution is 1.98. The Kier molecular flexibility index (Phi) is 1.88. The molecule has 1 fully saturated rings. The van der Waals surface area contributed by atoms with Gasteiger partial charge in [0.2, 0.25) is 0 Å². The molecule has 1 atom stereocenters. The van der Waals surface area contributed by atoms with Crippen molar-refractivity contribution in [1.29, 1.82) is 0 Å². The lowest BCUT2D eigenvalue weighted by atomic mass is 9.99. The Bertz CT molecular complexity index is 72.4. The van der Waals surface area contributed by atoms with Crippen LogP contribution in [0.25, 0.3) is 0 Å². The largest absolute Gasteiger partial charge is 0.785 e. The first-order valence-electron chi connectivity index (χ1n) is 2.58. The van der Waals surface area contributed by atoms with Gasteiger partial charge in [-0.25, -0.2) is 0 Å². The van der Waals surface area contributed by atoms with Gasteiger partial charge in [0.25, 0.3) is 0 Å². The predicted octanol–water partition coefficient (Wildman–Crippen LogP) is -0.689. The first kappa shape index (κ1) is 6.07. The first-order chi connectivity index (χ1) is 3.79. The number of ether oxygens (including phenoxy) is 1. The Morgan fingerprint density at radius 1 is 1.75 bits per heavy atom. The van der Waals surface area contributed by atoms with E-state index in [0.717, 1.165) is 5.06 Å². The molecule has 0 aromatic heterocycles. The zero-order valence-electron chi connectivity index (χ0n) is 4.54. The molecule has 1 unspecified atom stereocenters. The molecule has 0 bridgehead atoms. The van der Waals surface area contributed by atoms with Crippen molar-refractivity contribution in [1.82, 2.24) is 5.06 Å². The van der Waals surface area contributed by atoms with Crippen molar-refractivity contribution in [2.75, 3.05) is 19.7 Å². The van der Waals surface area contributed by atoms with Gasteiger partial charge in [0.15, 0.2) is 0 Å². The molecule has 0 N–H and O–H groups in total. The SMILES string of the molecule is [B]C1CN([O-])CCO1. The Morgan fingerprint density at radius 3 is 2.88 bits per heavy atom. The summed E-state index contributed by atoms with van der Waals surface area (Å²) < 4.78 is 4.88. The quantitative estimate of drug-likeness (QED) is 0.389. The van der Waals surface area contributed by atoms with Crippen LogP contribution in [0.4, 0.5) is 0 Å². The lowest BCUT2D eigenvalue weighted by molar-refractivity contribution is 0.0334. The van der Waals surface area contributed by atoms with Crippen LogP contribution in [0.2, 0.25) is 0 Å². The molecule has 0 aromatic carbocycles. The molecule has 0 aromatic rings. The summed E-state index contributed by atoms with van der Waals surface area (Å²) >= 11 is 0. The van der Waals surface area contributed by atoms with Crippen molar-refractivity contribution < 1.29 is 4.74 Å². The minimum absolute atomic E-state index is 0.306. The van der Waals surface area contributed by atoms with E-state index in [1.807, 2.05) is 0 Å². The van der Waals surface area contributed by atoms with Gasteiger partial charge in [-0.15, -0.1) is 0 Å². The lowest BCUT2D eigenvalue weighted by Gasteiger charge is -2.35. The molecule has 0 aliphatic carbocycles.